The standard InChI is InChI=1S/C24H29N3O4/c1-15-6-4-8-18(16(15)2)25-23(29)24(3)14-26-19-9-11-31-21(19)12-20(26)22(28)27(24)13-17-7-5-10-30-17/h5,7,9-12,15-16,18H,4,6,8,13-14H2,1-3H3,(H,25,29)/t15-,16+,18+,24-/m1/s1. The number of aromatic nitrogens is 1. The Morgan fingerprint density at radius 2 is 2.06 bits per heavy atom. The maximum Gasteiger partial charge on any atom is 0.272 e. The van der Waals surface area contributed by atoms with Crippen LogP contribution in [0.3, 0.4) is 0 Å². The third-order valence-electron chi connectivity index (χ3n) is 7.46. The van der Waals surface area contributed by atoms with Gasteiger partial charge in [0.1, 0.15) is 17.0 Å². The third kappa shape index (κ3) is 3.18. The molecule has 0 spiro atoms. The van der Waals surface area contributed by atoms with Crippen molar-refractivity contribution >= 4 is 22.9 Å². The van der Waals surface area contributed by atoms with Crippen molar-refractivity contribution < 1.29 is 18.4 Å². The van der Waals surface area contributed by atoms with E-state index in [1.807, 2.05) is 23.6 Å². The summed E-state index contributed by atoms with van der Waals surface area (Å²) in [6.07, 6.45) is 6.47. The lowest BCUT2D eigenvalue weighted by Gasteiger charge is -2.45. The zero-order valence-electron chi connectivity index (χ0n) is 18.3. The highest BCUT2D eigenvalue weighted by molar-refractivity contribution is 6.02. The number of carbonyl (C=O) groups is 2. The van der Waals surface area contributed by atoms with Crippen LogP contribution in [0.1, 0.15) is 56.3 Å². The number of carbonyl (C=O) groups excluding carboxylic acids is 2. The molecule has 0 unspecified atom stereocenters. The molecule has 7 heteroatoms. The average molecular weight is 424 g/mol. The molecule has 4 heterocycles. The fourth-order valence-corrected chi connectivity index (χ4v) is 5.19. The van der Waals surface area contributed by atoms with Crippen molar-refractivity contribution in [1.82, 2.24) is 14.8 Å². The van der Waals surface area contributed by atoms with Gasteiger partial charge in [-0.3, -0.25) is 9.59 Å². The summed E-state index contributed by atoms with van der Waals surface area (Å²) in [6, 6.07) is 7.35. The summed E-state index contributed by atoms with van der Waals surface area (Å²) in [6.45, 7) is 6.91. The van der Waals surface area contributed by atoms with Crippen LogP contribution in [0.2, 0.25) is 0 Å². The molecule has 4 atom stereocenters. The number of hydrogen-bond acceptors (Lipinski definition) is 4. The molecule has 1 aliphatic carbocycles. The molecular weight excluding hydrogens is 394 g/mol. The van der Waals surface area contributed by atoms with Gasteiger partial charge in [0.15, 0.2) is 5.58 Å². The second kappa shape index (κ2) is 7.32. The summed E-state index contributed by atoms with van der Waals surface area (Å²) in [5, 5.41) is 3.30. The van der Waals surface area contributed by atoms with Gasteiger partial charge in [-0.25, -0.2) is 0 Å². The van der Waals surface area contributed by atoms with Gasteiger partial charge >= 0.3 is 0 Å². The summed E-state index contributed by atoms with van der Waals surface area (Å²) < 4.78 is 13.0. The predicted molar refractivity (Wildman–Crippen MR) is 115 cm³/mol. The molecule has 2 amide bonds. The minimum absolute atomic E-state index is 0.116. The quantitative estimate of drug-likeness (QED) is 0.683. The van der Waals surface area contributed by atoms with E-state index < -0.39 is 5.54 Å². The molecule has 1 fully saturated rings. The van der Waals surface area contributed by atoms with Crippen LogP contribution in [0.25, 0.3) is 11.1 Å². The van der Waals surface area contributed by atoms with E-state index in [1.165, 1.54) is 6.42 Å². The number of fused-ring (bicyclic) bond motifs is 3. The lowest BCUT2D eigenvalue weighted by molar-refractivity contribution is -0.134. The van der Waals surface area contributed by atoms with Crippen molar-refractivity contribution in [3.05, 3.63) is 48.2 Å². The van der Waals surface area contributed by atoms with E-state index in [0.717, 1.165) is 18.4 Å². The van der Waals surface area contributed by atoms with E-state index in [1.54, 1.807) is 29.6 Å². The van der Waals surface area contributed by atoms with Crippen LogP contribution in [-0.4, -0.2) is 32.9 Å². The summed E-state index contributed by atoms with van der Waals surface area (Å²) in [5.41, 5.74) is 0.965. The molecule has 3 aromatic heterocycles. The summed E-state index contributed by atoms with van der Waals surface area (Å²) in [5.74, 6) is 1.31. The van der Waals surface area contributed by atoms with Gasteiger partial charge in [-0.15, -0.1) is 0 Å². The van der Waals surface area contributed by atoms with Crippen molar-refractivity contribution in [2.45, 2.75) is 64.7 Å². The Morgan fingerprint density at radius 3 is 2.84 bits per heavy atom. The minimum Gasteiger partial charge on any atom is -0.467 e. The fraction of sp³-hybridized carbons (Fsp3) is 0.500. The zero-order chi connectivity index (χ0) is 21.8. The molecule has 1 aliphatic heterocycles. The number of nitrogens with zero attached hydrogens (tertiary/aromatic N) is 2. The van der Waals surface area contributed by atoms with Gasteiger partial charge in [0.25, 0.3) is 5.91 Å². The topological polar surface area (TPSA) is 80.6 Å². The molecular formula is C24H29N3O4. The fourth-order valence-electron chi connectivity index (χ4n) is 5.19. The second-order valence-electron chi connectivity index (χ2n) is 9.38. The van der Waals surface area contributed by atoms with Gasteiger partial charge in [-0.1, -0.05) is 26.7 Å². The van der Waals surface area contributed by atoms with Gasteiger partial charge < -0.3 is 23.6 Å². The molecule has 2 aliphatic rings. The van der Waals surface area contributed by atoms with Crippen molar-refractivity contribution in [2.75, 3.05) is 0 Å². The van der Waals surface area contributed by atoms with E-state index >= 15 is 0 Å². The van der Waals surface area contributed by atoms with Crippen LogP contribution in [0, 0.1) is 11.8 Å². The smallest absolute Gasteiger partial charge is 0.272 e. The van der Waals surface area contributed by atoms with Gasteiger partial charge in [0.05, 0.1) is 31.1 Å². The van der Waals surface area contributed by atoms with Crippen molar-refractivity contribution in [2.24, 2.45) is 11.8 Å². The normalized spacial score (nSPS) is 28.7. The van der Waals surface area contributed by atoms with E-state index in [2.05, 4.69) is 19.2 Å². The Bertz CT molecular complexity index is 1110. The second-order valence-corrected chi connectivity index (χ2v) is 9.38. The SMILES string of the molecule is C[C@H]1[C@H](C)CCC[C@@H]1NC(=O)[C@@]1(C)Cn2c(cc3occc32)C(=O)N1Cc1ccco1. The minimum atomic E-state index is -1.06. The molecule has 164 valence electrons. The first-order valence-corrected chi connectivity index (χ1v) is 11.1. The van der Waals surface area contributed by atoms with Crippen molar-refractivity contribution in [3.63, 3.8) is 0 Å². The predicted octanol–water partition coefficient (Wildman–Crippen LogP) is 4.18. The van der Waals surface area contributed by atoms with E-state index in [4.69, 9.17) is 8.83 Å². The maximum atomic E-state index is 13.8. The number of furan rings is 2. The van der Waals surface area contributed by atoms with Crippen molar-refractivity contribution in [1.29, 1.82) is 0 Å². The van der Waals surface area contributed by atoms with Gasteiger partial charge in [0.2, 0.25) is 5.91 Å². The lowest BCUT2D eigenvalue weighted by atomic mass is 9.77. The summed E-state index contributed by atoms with van der Waals surface area (Å²) in [4.78, 5) is 29.0. The van der Waals surface area contributed by atoms with Crippen LogP contribution in [0.4, 0.5) is 0 Å². The van der Waals surface area contributed by atoms with Gasteiger partial charge in [-0.2, -0.15) is 0 Å². The van der Waals surface area contributed by atoms with Crippen LogP contribution in [0.5, 0.6) is 0 Å². The number of amides is 2. The highest BCUT2D eigenvalue weighted by Gasteiger charge is 2.49. The molecule has 31 heavy (non-hydrogen) atoms. The Kier molecular flexibility index (Phi) is 4.72. The van der Waals surface area contributed by atoms with Crippen molar-refractivity contribution in [3.8, 4) is 0 Å². The van der Waals surface area contributed by atoms with Crippen LogP contribution < -0.4 is 5.32 Å². The molecule has 3 aromatic rings. The Balaban J connectivity index is 1.52. The molecule has 0 bridgehead atoms. The molecule has 0 saturated heterocycles. The van der Waals surface area contributed by atoms with Crippen LogP contribution >= 0.6 is 0 Å². The molecule has 0 radical (unpaired) electrons. The van der Waals surface area contributed by atoms with Gasteiger partial charge in [0, 0.05) is 18.2 Å². The van der Waals surface area contributed by atoms with E-state index in [0.29, 0.717) is 35.4 Å². The van der Waals surface area contributed by atoms with E-state index in [-0.39, 0.29) is 24.4 Å². The maximum absolute atomic E-state index is 13.8. The largest absolute Gasteiger partial charge is 0.467 e. The highest BCUT2D eigenvalue weighted by atomic mass is 16.3. The molecule has 1 N–H and O–H groups in total. The molecule has 5 rings (SSSR count). The molecule has 7 nitrogen and oxygen atoms in total. The highest BCUT2D eigenvalue weighted by Crippen LogP contribution is 2.35. The van der Waals surface area contributed by atoms with Crippen LogP contribution in [0.15, 0.2) is 45.6 Å². The molecule has 1 saturated carbocycles. The number of hydrogen-bond donors (Lipinski definition) is 1. The Labute approximate surface area is 181 Å². The number of rotatable bonds is 4. The van der Waals surface area contributed by atoms with Crippen LogP contribution in [-0.2, 0) is 17.9 Å². The third-order valence-corrected chi connectivity index (χ3v) is 7.46. The first-order valence-electron chi connectivity index (χ1n) is 11.1. The van der Waals surface area contributed by atoms with Gasteiger partial charge in [-0.05, 0) is 37.3 Å². The number of nitrogens with one attached hydrogen (secondary N) is 1. The first-order chi connectivity index (χ1) is 14.9. The van der Waals surface area contributed by atoms with E-state index in [9.17, 15) is 9.59 Å². The summed E-state index contributed by atoms with van der Waals surface area (Å²) >= 11 is 0. The Morgan fingerprint density at radius 1 is 1.23 bits per heavy atom. The molecule has 0 aromatic carbocycles. The summed E-state index contributed by atoms with van der Waals surface area (Å²) in [7, 11) is 0. The monoisotopic (exact) mass is 423 g/mol. The zero-order valence-corrected chi connectivity index (χ0v) is 18.3. The lowest BCUT2D eigenvalue weighted by Crippen LogP contribution is -2.65. The first kappa shape index (κ1) is 20.0. The Hall–Kier alpha value is -2.96. The average Bonchev–Trinajstić information content (AvgIpc) is 3.47.